The smallest absolute Gasteiger partial charge is 0.161 e. The highest BCUT2D eigenvalue weighted by atomic mass is 32.1. The van der Waals surface area contributed by atoms with E-state index in [1.165, 1.54) is 20.9 Å². The van der Waals surface area contributed by atoms with Crippen LogP contribution in [-0.2, 0) is 6.54 Å². The Labute approximate surface area is 124 Å². The maximum atomic E-state index is 5.42. The van der Waals surface area contributed by atoms with Gasteiger partial charge >= 0.3 is 0 Å². The minimum absolute atomic E-state index is 0.772. The molecule has 0 saturated heterocycles. The fourth-order valence-electron chi connectivity index (χ4n) is 2.14. The second kappa shape index (κ2) is 6.77. The van der Waals surface area contributed by atoms with E-state index in [-0.39, 0.29) is 0 Å². The number of aryl methyl sites for hydroxylation is 1. The molecule has 4 heteroatoms. The summed E-state index contributed by atoms with van der Waals surface area (Å²) >= 11 is 1.80. The summed E-state index contributed by atoms with van der Waals surface area (Å²) in [5.74, 6) is 1.55. The van der Waals surface area contributed by atoms with Crippen molar-refractivity contribution in [1.82, 2.24) is 5.32 Å². The molecule has 0 aliphatic rings. The number of thiophene rings is 1. The van der Waals surface area contributed by atoms with Crippen LogP contribution in [0.1, 0.15) is 17.4 Å². The Morgan fingerprint density at radius 1 is 1.10 bits per heavy atom. The van der Waals surface area contributed by atoms with E-state index in [4.69, 9.17) is 9.47 Å². The molecule has 1 N–H and O–H groups in total. The zero-order valence-corrected chi connectivity index (χ0v) is 13.3. The summed E-state index contributed by atoms with van der Waals surface area (Å²) < 4.78 is 10.8. The highest BCUT2D eigenvalue weighted by molar-refractivity contribution is 7.15. The van der Waals surface area contributed by atoms with Gasteiger partial charge < -0.3 is 14.8 Å². The third kappa shape index (κ3) is 3.14. The molecule has 0 spiro atoms. The summed E-state index contributed by atoms with van der Waals surface area (Å²) in [6, 6.07) is 8.44. The topological polar surface area (TPSA) is 30.5 Å². The Morgan fingerprint density at radius 3 is 2.35 bits per heavy atom. The van der Waals surface area contributed by atoms with E-state index in [2.05, 4.69) is 43.4 Å². The van der Waals surface area contributed by atoms with Crippen molar-refractivity contribution < 1.29 is 9.47 Å². The van der Waals surface area contributed by atoms with Gasteiger partial charge in [-0.3, -0.25) is 0 Å². The number of ether oxygens (including phenoxy) is 2. The van der Waals surface area contributed by atoms with Crippen molar-refractivity contribution >= 4 is 11.3 Å². The van der Waals surface area contributed by atoms with Gasteiger partial charge in [0.05, 0.1) is 14.2 Å². The van der Waals surface area contributed by atoms with Crippen LogP contribution < -0.4 is 14.8 Å². The van der Waals surface area contributed by atoms with Crippen molar-refractivity contribution in [2.45, 2.75) is 20.4 Å². The Kier molecular flexibility index (Phi) is 5.04. The zero-order valence-electron chi connectivity index (χ0n) is 12.4. The molecule has 2 aromatic rings. The summed E-state index contributed by atoms with van der Waals surface area (Å²) in [6.45, 7) is 6.00. The largest absolute Gasteiger partial charge is 0.493 e. The third-order valence-electron chi connectivity index (χ3n) is 3.18. The van der Waals surface area contributed by atoms with Crippen LogP contribution in [0.2, 0.25) is 0 Å². The summed E-state index contributed by atoms with van der Waals surface area (Å²) in [6.07, 6.45) is 0. The standard InChI is InChI=1S/C16H21NO2S/c1-5-17-10-12-8-14(18-3)15(19-4)9-13(12)16-7-6-11(2)20-16/h6-9,17H,5,10H2,1-4H3. The molecule has 108 valence electrons. The van der Waals surface area contributed by atoms with Gasteiger partial charge in [-0.05, 0) is 43.3 Å². The average molecular weight is 291 g/mol. The van der Waals surface area contributed by atoms with Crippen LogP contribution in [0.25, 0.3) is 10.4 Å². The van der Waals surface area contributed by atoms with Gasteiger partial charge in [0, 0.05) is 21.9 Å². The van der Waals surface area contributed by atoms with Crippen LogP contribution in [-0.4, -0.2) is 20.8 Å². The van der Waals surface area contributed by atoms with Crippen LogP contribution in [0.3, 0.4) is 0 Å². The number of nitrogens with one attached hydrogen (secondary N) is 1. The minimum Gasteiger partial charge on any atom is -0.493 e. The van der Waals surface area contributed by atoms with Crippen molar-refractivity contribution in [3.63, 3.8) is 0 Å². The quantitative estimate of drug-likeness (QED) is 0.877. The molecule has 1 aromatic heterocycles. The summed E-state index contributed by atoms with van der Waals surface area (Å²) in [7, 11) is 3.34. The van der Waals surface area contributed by atoms with Gasteiger partial charge in [0.25, 0.3) is 0 Å². The van der Waals surface area contributed by atoms with E-state index in [0.29, 0.717) is 0 Å². The van der Waals surface area contributed by atoms with Crippen molar-refractivity contribution in [2.24, 2.45) is 0 Å². The minimum atomic E-state index is 0.772. The molecule has 20 heavy (non-hydrogen) atoms. The number of hydrogen-bond acceptors (Lipinski definition) is 4. The van der Waals surface area contributed by atoms with Crippen molar-refractivity contribution in [3.05, 3.63) is 34.7 Å². The van der Waals surface area contributed by atoms with Gasteiger partial charge in [0.1, 0.15) is 0 Å². The second-order valence-corrected chi connectivity index (χ2v) is 5.84. The molecular weight excluding hydrogens is 270 g/mol. The van der Waals surface area contributed by atoms with E-state index < -0.39 is 0 Å². The molecule has 1 aromatic carbocycles. The molecular formula is C16H21NO2S. The van der Waals surface area contributed by atoms with Gasteiger partial charge in [-0.2, -0.15) is 0 Å². The Bertz CT molecular complexity index is 578. The van der Waals surface area contributed by atoms with Crippen LogP contribution in [0.15, 0.2) is 24.3 Å². The Hall–Kier alpha value is -1.52. The summed E-state index contributed by atoms with van der Waals surface area (Å²) in [5, 5.41) is 3.38. The lowest BCUT2D eigenvalue weighted by Gasteiger charge is -2.14. The molecule has 0 atom stereocenters. The monoisotopic (exact) mass is 291 g/mol. The van der Waals surface area contributed by atoms with E-state index in [0.717, 1.165) is 24.6 Å². The maximum Gasteiger partial charge on any atom is 0.161 e. The first-order valence-corrected chi connectivity index (χ1v) is 7.53. The lowest BCUT2D eigenvalue weighted by atomic mass is 10.0. The summed E-state index contributed by atoms with van der Waals surface area (Å²) in [4.78, 5) is 2.57. The van der Waals surface area contributed by atoms with E-state index in [9.17, 15) is 0 Å². The number of benzene rings is 1. The van der Waals surface area contributed by atoms with Crippen LogP contribution in [0.5, 0.6) is 11.5 Å². The Morgan fingerprint density at radius 2 is 1.80 bits per heavy atom. The SMILES string of the molecule is CCNCc1cc(OC)c(OC)cc1-c1ccc(C)s1. The third-order valence-corrected chi connectivity index (χ3v) is 4.21. The van der Waals surface area contributed by atoms with Gasteiger partial charge in [0.2, 0.25) is 0 Å². The van der Waals surface area contributed by atoms with Gasteiger partial charge in [-0.15, -0.1) is 11.3 Å². The summed E-state index contributed by atoms with van der Waals surface area (Å²) in [5.41, 5.74) is 2.44. The molecule has 0 aliphatic heterocycles. The molecule has 3 nitrogen and oxygen atoms in total. The first-order chi connectivity index (χ1) is 9.69. The fraction of sp³-hybridized carbons (Fsp3) is 0.375. The first-order valence-electron chi connectivity index (χ1n) is 6.72. The van der Waals surface area contributed by atoms with Crippen molar-refractivity contribution in [3.8, 4) is 21.9 Å². The second-order valence-electron chi connectivity index (χ2n) is 4.55. The lowest BCUT2D eigenvalue weighted by Crippen LogP contribution is -2.12. The lowest BCUT2D eigenvalue weighted by molar-refractivity contribution is 0.354. The molecule has 1 heterocycles. The average Bonchev–Trinajstić information content (AvgIpc) is 2.90. The predicted molar refractivity (Wildman–Crippen MR) is 85.0 cm³/mol. The van der Waals surface area contributed by atoms with Crippen molar-refractivity contribution in [2.75, 3.05) is 20.8 Å². The first kappa shape index (κ1) is 14.9. The van der Waals surface area contributed by atoms with Crippen LogP contribution in [0, 0.1) is 6.92 Å². The normalized spacial score (nSPS) is 10.6. The number of methoxy groups -OCH3 is 2. The maximum absolute atomic E-state index is 5.42. The molecule has 0 unspecified atom stereocenters. The highest BCUT2D eigenvalue weighted by Gasteiger charge is 2.13. The van der Waals surface area contributed by atoms with Crippen molar-refractivity contribution in [1.29, 1.82) is 0 Å². The molecule has 0 amide bonds. The van der Waals surface area contributed by atoms with Gasteiger partial charge in [0.15, 0.2) is 11.5 Å². The predicted octanol–water partition coefficient (Wildman–Crippen LogP) is 3.85. The van der Waals surface area contributed by atoms with Crippen LogP contribution in [0.4, 0.5) is 0 Å². The molecule has 0 bridgehead atoms. The molecule has 0 fully saturated rings. The number of hydrogen-bond donors (Lipinski definition) is 1. The Balaban J connectivity index is 2.50. The molecule has 2 rings (SSSR count). The van der Waals surface area contributed by atoms with E-state index in [1.54, 1.807) is 25.6 Å². The van der Waals surface area contributed by atoms with Gasteiger partial charge in [-0.25, -0.2) is 0 Å². The van der Waals surface area contributed by atoms with Gasteiger partial charge in [-0.1, -0.05) is 6.92 Å². The fourth-order valence-corrected chi connectivity index (χ4v) is 3.05. The van der Waals surface area contributed by atoms with E-state index in [1.807, 2.05) is 0 Å². The molecule has 0 radical (unpaired) electrons. The molecule has 0 saturated carbocycles. The van der Waals surface area contributed by atoms with E-state index >= 15 is 0 Å². The zero-order chi connectivity index (χ0) is 14.5. The number of rotatable bonds is 6. The van der Waals surface area contributed by atoms with Crippen LogP contribution >= 0.6 is 11.3 Å². The highest BCUT2D eigenvalue weighted by Crippen LogP contribution is 2.38. The molecule has 0 aliphatic carbocycles.